The molecule has 0 amide bonds. The standard InChI is InChI=1S/C61H55N/c1-57(2)29-30-58(3,4)54-36-44(25-28-51(54)57)62(43-24-27-48-46-20-12-14-22-50(46)61(53(48)35-43)55-32-38-31-41-33-56(61)59(41,55)37-38)42-23-26-47-45-19-11-13-21-49(45)60(52(47)34-42,39-15-7-5-8-16-39)40-17-9-6-10-18-40/h5-28,34-36,38,41,55-56H,29-33,37H2,1-4H3. The second kappa shape index (κ2) is 11.9. The first kappa shape index (κ1) is 35.9. The minimum atomic E-state index is -0.468. The summed E-state index contributed by atoms with van der Waals surface area (Å²) in [7, 11) is 0. The van der Waals surface area contributed by atoms with Gasteiger partial charge in [-0.1, -0.05) is 155 Å². The molecule has 1 nitrogen and oxygen atoms in total. The average Bonchev–Trinajstić information content (AvgIpc) is 4.01. The summed E-state index contributed by atoms with van der Waals surface area (Å²) in [6, 6.07) is 64.0. The van der Waals surface area contributed by atoms with Crippen molar-refractivity contribution in [1.82, 2.24) is 0 Å². The maximum absolute atomic E-state index is 2.69. The SMILES string of the molecule is CC1(C)CCC(C)(C)c2cc(N(c3ccc4c(c3)C(c3ccccc3)(c3ccccc3)c3ccccc3-4)c3ccc4c(c3)C3(c5ccccc5-4)C4CC5CC6CC3C64C5)ccc21. The van der Waals surface area contributed by atoms with Gasteiger partial charge in [-0.25, -0.2) is 0 Å². The Morgan fingerprint density at radius 3 is 1.58 bits per heavy atom. The van der Waals surface area contributed by atoms with Gasteiger partial charge < -0.3 is 4.90 Å². The van der Waals surface area contributed by atoms with Crippen molar-refractivity contribution >= 4 is 17.1 Å². The number of rotatable bonds is 5. The van der Waals surface area contributed by atoms with Gasteiger partial charge in [-0.05, 0) is 182 Å². The highest BCUT2D eigenvalue weighted by atomic mass is 15.1. The Balaban J connectivity index is 1.02. The van der Waals surface area contributed by atoms with Crippen molar-refractivity contribution in [3.05, 3.63) is 208 Å². The van der Waals surface area contributed by atoms with E-state index >= 15 is 0 Å². The van der Waals surface area contributed by atoms with Gasteiger partial charge in [-0.3, -0.25) is 0 Å². The highest BCUT2D eigenvalue weighted by molar-refractivity contribution is 5.91. The Morgan fingerprint density at radius 2 is 0.919 bits per heavy atom. The maximum Gasteiger partial charge on any atom is 0.0714 e. The van der Waals surface area contributed by atoms with Gasteiger partial charge in [-0.2, -0.15) is 0 Å². The Bertz CT molecular complexity index is 2990. The van der Waals surface area contributed by atoms with E-state index < -0.39 is 5.41 Å². The van der Waals surface area contributed by atoms with Crippen LogP contribution in [0.15, 0.2) is 164 Å². The fourth-order valence-electron chi connectivity index (χ4n) is 16.2. The van der Waals surface area contributed by atoms with E-state index in [1.165, 1.54) is 111 Å². The zero-order valence-corrected chi connectivity index (χ0v) is 36.6. The molecular formula is C61H55N. The van der Waals surface area contributed by atoms with Crippen LogP contribution in [0, 0.1) is 29.1 Å². The third kappa shape index (κ3) is 4.14. The monoisotopic (exact) mass is 801 g/mol. The van der Waals surface area contributed by atoms with Crippen LogP contribution >= 0.6 is 0 Å². The summed E-state index contributed by atoms with van der Waals surface area (Å²) in [5.74, 6) is 3.43. The molecule has 7 aromatic carbocycles. The summed E-state index contributed by atoms with van der Waals surface area (Å²) in [5, 5.41) is 0. The first-order valence-corrected chi connectivity index (χ1v) is 23.7. The first-order chi connectivity index (χ1) is 30.2. The molecule has 14 rings (SSSR count). The van der Waals surface area contributed by atoms with Gasteiger partial charge in [0.1, 0.15) is 0 Å². The highest BCUT2D eigenvalue weighted by Crippen LogP contribution is 2.89. The Hall–Kier alpha value is -5.66. The minimum absolute atomic E-state index is 0.0916. The van der Waals surface area contributed by atoms with Crippen LogP contribution in [0.25, 0.3) is 22.3 Å². The first-order valence-electron chi connectivity index (χ1n) is 23.7. The molecule has 1 heteroatoms. The van der Waals surface area contributed by atoms with E-state index in [1.807, 2.05) is 0 Å². The van der Waals surface area contributed by atoms with Crippen molar-refractivity contribution < 1.29 is 0 Å². The van der Waals surface area contributed by atoms with Crippen molar-refractivity contribution in [2.75, 3.05) is 4.90 Å². The van der Waals surface area contributed by atoms with Crippen LogP contribution in [0.2, 0.25) is 0 Å². The molecule has 2 spiro atoms. The lowest BCUT2D eigenvalue weighted by atomic mass is 9.27. The molecule has 0 radical (unpaired) electrons. The van der Waals surface area contributed by atoms with E-state index in [0.717, 1.165) is 23.7 Å². The second-order valence-corrected chi connectivity index (χ2v) is 21.9. The largest absolute Gasteiger partial charge is 0.310 e. The molecule has 6 unspecified atom stereocenters. The van der Waals surface area contributed by atoms with Crippen LogP contribution in [0.5, 0.6) is 0 Å². The van der Waals surface area contributed by atoms with E-state index in [0.29, 0.717) is 5.41 Å². The third-order valence-electron chi connectivity index (χ3n) is 18.7. The molecule has 0 heterocycles. The quantitative estimate of drug-likeness (QED) is 0.168. The van der Waals surface area contributed by atoms with E-state index in [-0.39, 0.29) is 16.2 Å². The molecule has 0 N–H and O–H groups in total. The van der Waals surface area contributed by atoms with Gasteiger partial charge in [0.15, 0.2) is 0 Å². The van der Waals surface area contributed by atoms with Crippen LogP contribution < -0.4 is 4.90 Å². The summed E-state index contributed by atoms with van der Waals surface area (Å²) in [6.45, 7) is 9.85. The van der Waals surface area contributed by atoms with E-state index in [4.69, 9.17) is 0 Å². The molecule has 0 saturated heterocycles. The van der Waals surface area contributed by atoms with Crippen molar-refractivity contribution in [3.8, 4) is 22.3 Å². The molecular weight excluding hydrogens is 747 g/mol. The Kier molecular flexibility index (Phi) is 6.87. The lowest BCUT2D eigenvalue weighted by Crippen LogP contribution is -2.73. The lowest BCUT2D eigenvalue weighted by Gasteiger charge is -2.76. The molecule has 0 aliphatic heterocycles. The molecule has 7 aromatic rings. The molecule has 7 aliphatic rings. The summed E-state index contributed by atoms with van der Waals surface area (Å²) < 4.78 is 0. The fourth-order valence-corrected chi connectivity index (χ4v) is 16.2. The topological polar surface area (TPSA) is 3.24 Å². The van der Waals surface area contributed by atoms with Gasteiger partial charge in [0.05, 0.1) is 5.41 Å². The number of hydrogen-bond acceptors (Lipinski definition) is 1. The molecule has 6 atom stereocenters. The van der Waals surface area contributed by atoms with Gasteiger partial charge in [0.2, 0.25) is 0 Å². The number of hydrogen-bond donors (Lipinski definition) is 0. The summed E-state index contributed by atoms with van der Waals surface area (Å²) in [4.78, 5) is 2.65. The van der Waals surface area contributed by atoms with Gasteiger partial charge in [0.25, 0.3) is 0 Å². The maximum atomic E-state index is 2.69. The number of anilines is 3. The van der Waals surface area contributed by atoms with Crippen molar-refractivity contribution in [2.45, 2.75) is 87.9 Å². The highest BCUT2D eigenvalue weighted by Gasteiger charge is 2.84. The molecule has 2 bridgehead atoms. The lowest BCUT2D eigenvalue weighted by molar-refractivity contribution is -0.231. The average molecular weight is 802 g/mol. The summed E-state index contributed by atoms with van der Waals surface area (Å²) in [5.41, 5.74) is 21.5. The zero-order chi connectivity index (χ0) is 41.4. The van der Waals surface area contributed by atoms with Crippen LogP contribution in [0.4, 0.5) is 17.1 Å². The van der Waals surface area contributed by atoms with E-state index in [1.54, 1.807) is 11.1 Å². The predicted octanol–water partition coefficient (Wildman–Crippen LogP) is 15.2. The van der Waals surface area contributed by atoms with Crippen molar-refractivity contribution in [3.63, 3.8) is 0 Å². The second-order valence-electron chi connectivity index (χ2n) is 21.9. The Morgan fingerprint density at radius 1 is 0.419 bits per heavy atom. The molecule has 62 heavy (non-hydrogen) atoms. The van der Waals surface area contributed by atoms with Crippen molar-refractivity contribution in [2.24, 2.45) is 29.1 Å². The molecule has 7 aliphatic carbocycles. The van der Waals surface area contributed by atoms with Crippen molar-refractivity contribution in [1.29, 1.82) is 0 Å². The van der Waals surface area contributed by atoms with Crippen LogP contribution in [-0.2, 0) is 21.7 Å². The van der Waals surface area contributed by atoms with Crippen LogP contribution in [0.3, 0.4) is 0 Å². The summed E-state index contributed by atoms with van der Waals surface area (Å²) in [6.07, 6.45) is 8.21. The van der Waals surface area contributed by atoms with Gasteiger partial charge >= 0.3 is 0 Å². The zero-order valence-electron chi connectivity index (χ0n) is 36.6. The number of nitrogens with zero attached hydrogens (tertiary/aromatic N) is 1. The van der Waals surface area contributed by atoms with Gasteiger partial charge in [-0.15, -0.1) is 0 Å². The molecule has 304 valence electrons. The van der Waals surface area contributed by atoms with Gasteiger partial charge in [0, 0.05) is 22.5 Å². The molecule has 4 saturated carbocycles. The minimum Gasteiger partial charge on any atom is -0.310 e. The predicted molar refractivity (Wildman–Crippen MR) is 255 cm³/mol. The number of fused-ring (bicyclic) bond motifs is 12. The van der Waals surface area contributed by atoms with E-state index in [2.05, 4.69) is 196 Å². The normalized spacial score (nSPS) is 28.5. The molecule has 4 fully saturated rings. The number of benzene rings is 7. The molecule has 0 aromatic heterocycles. The Labute approximate surface area is 367 Å². The van der Waals surface area contributed by atoms with Crippen LogP contribution in [0.1, 0.15) is 111 Å². The third-order valence-corrected chi connectivity index (χ3v) is 18.7. The van der Waals surface area contributed by atoms with Crippen LogP contribution in [-0.4, -0.2) is 0 Å². The summed E-state index contributed by atoms with van der Waals surface area (Å²) >= 11 is 0. The van der Waals surface area contributed by atoms with E-state index in [9.17, 15) is 0 Å². The smallest absolute Gasteiger partial charge is 0.0714 e. The fraction of sp³-hybridized carbons (Fsp3) is 0.311.